The first-order chi connectivity index (χ1) is 5.88. The van der Waals surface area contributed by atoms with Gasteiger partial charge in [0.05, 0.1) is 12.7 Å². The average molecular weight is 170 g/mol. The van der Waals surface area contributed by atoms with E-state index in [-0.39, 0.29) is 6.61 Å². The van der Waals surface area contributed by atoms with E-state index in [1.165, 1.54) is 25.7 Å². The third kappa shape index (κ3) is 3.37. The predicted molar refractivity (Wildman–Crippen MR) is 49.0 cm³/mol. The molecule has 1 fully saturated rings. The molecule has 1 heterocycles. The first kappa shape index (κ1) is 9.75. The van der Waals surface area contributed by atoms with Crippen molar-refractivity contribution in [3.05, 3.63) is 12.2 Å². The van der Waals surface area contributed by atoms with Gasteiger partial charge in [-0.2, -0.15) is 0 Å². The van der Waals surface area contributed by atoms with Gasteiger partial charge in [-0.1, -0.05) is 38.3 Å². The van der Waals surface area contributed by atoms with Gasteiger partial charge in [0, 0.05) is 0 Å². The van der Waals surface area contributed by atoms with Gasteiger partial charge in [-0.25, -0.2) is 0 Å². The number of hydrogen-bond acceptors (Lipinski definition) is 2. The second kappa shape index (κ2) is 5.33. The zero-order valence-electron chi connectivity index (χ0n) is 7.70. The molecule has 0 aliphatic carbocycles. The van der Waals surface area contributed by atoms with E-state index in [0.29, 0.717) is 12.2 Å². The number of rotatable bonds is 6. The normalized spacial score (nSPS) is 28.2. The van der Waals surface area contributed by atoms with E-state index in [1.54, 1.807) is 6.08 Å². The van der Waals surface area contributed by atoms with Crippen molar-refractivity contribution in [1.29, 1.82) is 0 Å². The number of hydrogen-bond donors (Lipinski definition) is 1. The Morgan fingerprint density at radius 2 is 2.25 bits per heavy atom. The number of ether oxygens (including phenoxy) is 1. The standard InChI is InChI=1S/C10H18O2/c1-2-3-4-6-9-10(12-9)7-5-8-11/h5,7,9-11H,2-4,6,8H2,1H3/b7-5+. The first-order valence-corrected chi connectivity index (χ1v) is 4.81. The van der Waals surface area contributed by atoms with Crippen LogP contribution in [-0.2, 0) is 4.74 Å². The van der Waals surface area contributed by atoms with Crippen LogP contribution in [0.1, 0.15) is 32.6 Å². The highest BCUT2D eigenvalue weighted by atomic mass is 16.6. The summed E-state index contributed by atoms with van der Waals surface area (Å²) in [7, 11) is 0. The monoisotopic (exact) mass is 170 g/mol. The molecule has 1 aliphatic heterocycles. The fourth-order valence-corrected chi connectivity index (χ4v) is 1.35. The van der Waals surface area contributed by atoms with Crippen LogP contribution in [0.2, 0.25) is 0 Å². The third-order valence-corrected chi connectivity index (χ3v) is 2.15. The fourth-order valence-electron chi connectivity index (χ4n) is 1.35. The summed E-state index contributed by atoms with van der Waals surface area (Å²) < 4.78 is 5.37. The molecule has 0 spiro atoms. The van der Waals surface area contributed by atoms with Gasteiger partial charge in [-0.15, -0.1) is 0 Å². The van der Waals surface area contributed by atoms with Crippen molar-refractivity contribution in [1.82, 2.24) is 0 Å². The van der Waals surface area contributed by atoms with Crippen LogP contribution in [0.15, 0.2) is 12.2 Å². The zero-order valence-corrected chi connectivity index (χ0v) is 7.70. The van der Waals surface area contributed by atoms with Crippen LogP contribution in [0.25, 0.3) is 0 Å². The van der Waals surface area contributed by atoms with E-state index in [4.69, 9.17) is 9.84 Å². The minimum absolute atomic E-state index is 0.127. The van der Waals surface area contributed by atoms with E-state index in [0.717, 1.165) is 0 Å². The summed E-state index contributed by atoms with van der Waals surface area (Å²) >= 11 is 0. The van der Waals surface area contributed by atoms with Crippen LogP contribution in [0.3, 0.4) is 0 Å². The van der Waals surface area contributed by atoms with Crippen molar-refractivity contribution in [3.8, 4) is 0 Å². The topological polar surface area (TPSA) is 32.8 Å². The van der Waals surface area contributed by atoms with Crippen LogP contribution >= 0.6 is 0 Å². The third-order valence-electron chi connectivity index (χ3n) is 2.15. The summed E-state index contributed by atoms with van der Waals surface area (Å²) in [6, 6.07) is 0. The van der Waals surface area contributed by atoms with Crippen molar-refractivity contribution in [2.75, 3.05) is 6.61 Å². The minimum atomic E-state index is 0.127. The lowest BCUT2D eigenvalue weighted by Gasteiger charge is -1.92. The van der Waals surface area contributed by atoms with Crippen molar-refractivity contribution in [2.24, 2.45) is 0 Å². The van der Waals surface area contributed by atoms with E-state index < -0.39 is 0 Å². The fraction of sp³-hybridized carbons (Fsp3) is 0.800. The number of aliphatic hydroxyl groups is 1. The van der Waals surface area contributed by atoms with Gasteiger partial charge in [0.1, 0.15) is 6.10 Å². The summed E-state index contributed by atoms with van der Waals surface area (Å²) in [5, 5.41) is 8.50. The Morgan fingerprint density at radius 3 is 2.92 bits per heavy atom. The average Bonchev–Trinajstić information content (AvgIpc) is 2.81. The lowest BCUT2D eigenvalue weighted by Crippen LogP contribution is -1.90. The molecular formula is C10H18O2. The minimum Gasteiger partial charge on any atom is -0.392 e. The quantitative estimate of drug-likeness (QED) is 0.375. The Balaban J connectivity index is 1.97. The molecule has 2 atom stereocenters. The summed E-state index contributed by atoms with van der Waals surface area (Å²) in [5.74, 6) is 0. The lowest BCUT2D eigenvalue weighted by atomic mass is 10.1. The highest BCUT2D eigenvalue weighted by molar-refractivity contribution is 5.02. The van der Waals surface area contributed by atoms with Gasteiger partial charge in [0.25, 0.3) is 0 Å². The van der Waals surface area contributed by atoms with Gasteiger partial charge < -0.3 is 9.84 Å². The molecule has 0 aromatic rings. The summed E-state index contributed by atoms with van der Waals surface area (Å²) in [5.41, 5.74) is 0. The molecule has 12 heavy (non-hydrogen) atoms. The molecule has 2 unspecified atom stereocenters. The molecular weight excluding hydrogens is 152 g/mol. The summed E-state index contributed by atoms with van der Waals surface area (Å²) in [6.45, 7) is 2.33. The molecule has 0 radical (unpaired) electrons. The Kier molecular flexibility index (Phi) is 4.33. The maximum absolute atomic E-state index is 8.50. The first-order valence-electron chi connectivity index (χ1n) is 4.81. The second-order valence-corrected chi connectivity index (χ2v) is 3.25. The van der Waals surface area contributed by atoms with E-state index in [2.05, 4.69) is 6.92 Å². The number of aliphatic hydroxyl groups excluding tert-OH is 1. The molecule has 0 amide bonds. The molecule has 1 N–H and O–H groups in total. The molecule has 1 rings (SSSR count). The van der Waals surface area contributed by atoms with Crippen LogP contribution in [-0.4, -0.2) is 23.9 Å². The number of unbranched alkanes of at least 4 members (excludes halogenated alkanes) is 2. The predicted octanol–water partition coefficient (Wildman–Crippen LogP) is 1.88. The highest BCUT2D eigenvalue weighted by Gasteiger charge is 2.35. The lowest BCUT2D eigenvalue weighted by molar-refractivity contribution is 0.340. The maximum atomic E-state index is 8.50. The Bertz CT molecular complexity index is 143. The molecule has 0 aromatic heterocycles. The number of epoxide rings is 1. The highest BCUT2D eigenvalue weighted by Crippen LogP contribution is 2.28. The summed E-state index contributed by atoms with van der Waals surface area (Å²) in [4.78, 5) is 0. The summed E-state index contributed by atoms with van der Waals surface area (Å²) in [6.07, 6.45) is 9.47. The van der Waals surface area contributed by atoms with Gasteiger partial charge in [-0.05, 0) is 6.42 Å². The smallest absolute Gasteiger partial charge is 0.102 e. The van der Waals surface area contributed by atoms with Crippen molar-refractivity contribution in [3.63, 3.8) is 0 Å². The SMILES string of the molecule is CCCCCC1OC1/C=C/CO. The van der Waals surface area contributed by atoms with Crippen LogP contribution < -0.4 is 0 Å². The van der Waals surface area contributed by atoms with E-state index in [9.17, 15) is 0 Å². The second-order valence-electron chi connectivity index (χ2n) is 3.25. The van der Waals surface area contributed by atoms with E-state index >= 15 is 0 Å². The van der Waals surface area contributed by atoms with Crippen LogP contribution in [0.4, 0.5) is 0 Å². The van der Waals surface area contributed by atoms with Crippen molar-refractivity contribution >= 4 is 0 Å². The van der Waals surface area contributed by atoms with Crippen LogP contribution in [0.5, 0.6) is 0 Å². The largest absolute Gasteiger partial charge is 0.392 e. The molecule has 0 aromatic carbocycles. The molecule has 70 valence electrons. The van der Waals surface area contributed by atoms with Crippen molar-refractivity contribution in [2.45, 2.75) is 44.8 Å². The Hall–Kier alpha value is -0.340. The molecule has 2 heteroatoms. The van der Waals surface area contributed by atoms with Crippen molar-refractivity contribution < 1.29 is 9.84 Å². The molecule has 1 saturated heterocycles. The molecule has 2 nitrogen and oxygen atoms in total. The molecule has 1 aliphatic rings. The maximum Gasteiger partial charge on any atom is 0.102 e. The zero-order chi connectivity index (χ0) is 8.81. The Morgan fingerprint density at radius 1 is 1.42 bits per heavy atom. The van der Waals surface area contributed by atoms with Gasteiger partial charge in [0.15, 0.2) is 0 Å². The van der Waals surface area contributed by atoms with Gasteiger partial charge in [0.2, 0.25) is 0 Å². The van der Waals surface area contributed by atoms with E-state index in [1.807, 2.05) is 6.08 Å². The molecule has 0 saturated carbocycles. The van der Waals surface area contributed by atoms with Gasteiger partial charge >= 0.3 is 0 Å². The molecule has 0 bridgehead atoms. The van der Waals surface area contributed by atoms with Crippen LogP contribution in [0, 0.1) is 0 Å². The van der Waals surface area contributed by atoms with Gasteiger partial charge in [-0.3, -0.25) is 0 Å². The Labute approximate surface area is 74.2 Å².